The van der Waals surface area contributed by atoms with Gasteiger partial charge in [0, 0.05) is 17.0 Å². The summed E-state index contributed by atoms with van der Waals surface area (Å²) < 4.78 is 10.7. The minimum Gasteiger partial charge on any atom is -0.494 e. The number of nitrogens with one attached hydrogen (secondary N) is 1. The predicted octanol–water partition coefficient (Wildman–Crippen LogP) is 3.91. The summed E-state index contributed by atoms with van der Waals surface area (Å²) in [6.07, 6.45) is 3.42. The van der Waals surface area contributed by atoms with Gasteiger partial charge in [-0.25, -0.2) is 4.79 Å². The van der Waals surface area contributed by atoms with Gasteiger partial charge in [-0.15, -0.1) is 0 Å². The standard InChI is InChI=1S/C16H21NO3/c1-3-5-6-9-20-13-8-7-12-10-15(16(18)19-4-2)17-14(12)11-13/h7-8,10-11,17H,3-6,9H2,1-2H3. The second-order valence-corrected chi connectivity index (χ2v) is 4.71. The van der Waals surface area contributed by atoms with Crippen LogP contribution in [0.3, 0.4) is 0 Å². The summed E-state index contributed by atoms with van der Waals surface area (Å²) in [5.41, 5.74) is 1.37. The summed E-state index contributed by atoms with van der Waals surface area (Å²) in [7, 11) is 0. The number of ether oxygens (including phenoxy) is 2. The molecule has 20 heavy (non-hydrogen) atoms. The number of aromatic nitrogens is 1. The first-order valence-electron chi connectivity index (χ1n) is 7.17. The Bertz CT molecular complexity index is 574. The molecule has 1 aromatic heterocycles. The summed E-state index contributed by atoms with van der Waals surface area (Å²) in [6.45, 7) is 5.06. The molecule has 4 heteroatoms. The number of fused-ring (bicyclic) bond motifs is 1. The Labute approximate surface area is 119 Å². The number of esters is 1. The van der Waals surface area contributed by atoms with Crippen LogP contribution in [-0.2, 0) is 4.74 Å². The van der Waals surface area contributed by atoms with Gasteiger partial charge in [0.25, 0.3) is 0 Å². The van der Waals surface area contributed by atoms with E-state index >= 15 is 0 Å². The molecule has 2 rings (SSSR count). The van der Waals surface area contributed by atoms with Crippen LogP contribution in [0.2, 0.25) is 0 Å². The van der Waals surface area contributed by atoms with E-state index in [1.54, 1.807) is 13.0 Å². The quantitative estimate of drug-likeness (QED) is 0.615. The Morgan fingerprint density at radius 1 is 1.20 bits per heavy atom. The van der Waals surface area contributed by atoms with Crippen LogP contribution >= 0.6 is 0 Å². The highest BCUT2D eigenvalue weighted by Gasteiger charge is 2.10. The lowest BCUT2D eigenvalue weighted by molar-refractivity contribution is 0.0520. The molecule has 0 radical (unpaired) electrons. The van der Waals surface area contributed by atoms with E-state index in [9.17, 15) is 4.79 Å². The van der Waals surface area contributed by atoms with Crippen molar-refractivity contribution in [2.45, 2.75) is 33.1 Å². The third kappa shape index (κ3) is 3.53. The van der Waals surface area contributed by atoms with Crippen LogP contribution in [0.4, 0.5) is 0 Å². The number of benzene rings is 1. The van der Waals surface area contributed by atoms with E-state index in [4.69, 9.17) is 9.47 Å². The second kappa shape index (κ2) is 6.98. The van der Waals surface area contributed by atoms with Gasteiger partial charge in [-0.05, 0) is 31.5 Å². The molecule has 1 aromatic carbocycles. The zero-order valence-corrected chi connectivity index (χ0v) is 12.1. The van der Waals surface area contributed by atoms with E-state index in [0.717, 1.165) is 29.7 Å². The van der Waals surface area contributed by atoms with Crippen molar-refractivity contribution in [2.75, 3.05) is 13.2 Å². The highest BCUT2D eigenvalue weighted by molar-refractivity contribution is 5.95. The maximum Gasteiger partial charge on any atom is 0.354 e. The molecule has 0 aliphatic rings. The average molecular weight is 275 g/mol. The fourth-order valence-corrected chi connectivity index (χ4v) is 2.06. The molecule has 0 aliphatic carbocycles. The van der Waals surface area contributed by atoms with Crippen molar-refractivity contribution >= 4 is 16.9 Å². The third-order valence-corrected chi connectivity index (χ3v) is 3.11. The summed E-state index contributed by atoms with van der Waals surface area (Å²) in [6, 6.07) is 7.60. The van der Waals surface area contributed by atoms with Crippen molar-refractivity contribution in [3.63, 3.8) is 0 Å². The van der Waals surface area contributed by atoms with Crippen LogP contribution < -0.4 is 4.74 Å². The maximum absolute atomic E-state index is 11.7. The van der Waals surface area contributed by atoms with Gasteiger partial charge in [-0.2, -0.15) is 0 Å². The van der Waals surface area contributed by atoms with Crippen molar-refractivity contribution < 1.29 is 14.3 Å². The van der Waals surface area contributed by atoms with Crippen molar-refractivity contribution in [3.8, 4) is 5.75 Å². The number of aromatic amines is 1. The smallest absolute Gasteiger partial charge is 0.354 e. The van der Waals surface area contributed by atoms with Gasteiger partial charge in [0.05, 0.1) is 13.2 Å². The average Bonchev–Trinajstić information content (AvgIpc) is 2.87. The fraction of sp³-hybridized carbons (Fsp3) is 0.438. The summed E-state index contributed by atoms with van der Waals surface area (Å²) in [5, 5.41) is 0.981. The topological polar surface area (TPSA) is 51.3 Å². The molecule has 0 saturated heterocycles. The molecule has 1 heterocycles. The van der Waals surface area contributed by atoms with Crippen molar-refractivity contribution in [3.05, 3.63) is 30.0 Å². The summed E-state index contributed by atoms with van der Waals surface area (Å²) in [5.74, 6) is 0.500. The highest BCUT2D eigenvalue weighted by atomic mass is 16.5. The van der Waals surface area contributed by atoms with Gasteiger partial charge in [0.2, 0.25) is 0 Å². The molecule has 0 fully saturated rings. The minimum atomic E-state index is -0.325. The van der Waals surface area contributed by atoms with E-state index in [0.29, 0.717) is 12.3 Å². The zero-order valence-electron chi connectivity index (χ0n) is 12.1. The lowest BCUT2D eigenvalue weighted by atomic mass is 10.2. The second-order valence-electron chi connectivity index (χ2n) is 4.71. The Morgan fingerprint density at radius 2 is 2.05 bits per heavy atom. The van der Waals surface area contributed by atoms with E-state index in [2.05, 4.69) is 11.9 Å². The van der Waals surface area contributed by atoms with E-state index in [1.807, 2.05) is 18.2 Å². The van der Waals surface area contributed by atoms with Crippen LogP contribution in [0, 0.1) is 0 Å². The largest absolute Gasteiger partial charge is 0.494 e. The number of H-pyrrole nitrogens is 1. The van der Waals surface area contributed by atoms with E-state index in [-0.39, 0.29) is 5.97 Å². The van der Waals surface area contributed by atoms with Crippen molar-refractivity contribution in [1.29, 1.82) is 0 Å². The number of hydrogen-bond donors (Lipinski definition) is 1. The van der Waals surface area contributed by atoms with Crippen molar-refractivity contribution in [2.24, 2.45) is 0 Å². The minimum absolute atomic E-state index is 0.325. The molecule has 1 N–H and O–H groups in total. The highest BCUT2D eigenvalue weighted by Crippen LogP contribution is 2.22. The summed E-state index contributed by atoms with van der Waals surface area (Å²) in [4.78, 5) is 14.7. The van der Waals surface area contributed by atoms with Gasteiger partial charge in [0.1, 0.15) is 11.4 Å². The SMILES string of the molecule is CCCCCOc1ccc2cc(C(=O)OCC)[nH]c2c1. The van der Waals surface area contributed by atoms with E-state index in [1.165, 1.54) is 12.8 Å². The lowest BCUT2D eigenvalue weighted by Crippen LogP contribution is -2.04. The monoisotopic (exact) mass is 275 g/mol. The molecule has 0 bridgehead atoms. The molecule has 0 unspecified atom stereocenters. The molecule has 0 atom stereocenters. The number of rotatable bonds is 7. The molecule has 0 spiro atoms. The Kier molecular flexibility index (Phi) is 5.04. The molecular weight excluding hydrogens is 254 g/mol. The van der Waals surface area contributed by atoms with Crippen molar-refractivity contribution in [1.82, 2.24) is 4.98 Å². The zero-order chi connectivity index (χ0) is 14.4. The number of unbranched alkanes of at least 4 members (excludes halogenated alkanes) is 2. The van der Waals surface area contributed by atoms with Crippen LogP contribution in [0.5, 0.6) is 5.75 Å². The molecule has 0 amide bonds. The van der Waals surface area contributed by atoms with Gasteiger partial charge >= 0.3 is 5.97 Å². The number of carbonyl (C=O) groups excluding carboxylic acids is 1. The van der Waals surface area contributed by atoms with Crippen LogP contribution in [0.25, 0.3) is 10.9 Å². The van der Waals surface area contributed by atoms with Gasteiger partial charge in [-0.1, -0.05) is 19.8 Å². The Balaban J connectivity index is 2.07. The first-order valence-corrected chi connectivity index (χ1v) is 7.17. The first-order chi connectivity index (χ1) is 9.74. The van der Waals surface area contributed by atoms with E-state index < -0.39 is 0 Å². The lowest BCUT2D eigenvalue weighted by Gasteiger charge is -2.05. The fourth-order valence-electron chi connectivity index (χ4n) is 2.06. The molecular formula is C16H21NO3. The number of hydrogen-bond acceptors (Lipinski definition) is 3. The molecule has 0 aliphatic heterocycles. The third-order valence-electron chi connectivity index (χ3n) is 3.11. The maximum atomic E-state index is 11.7. The Hall–Kier alpha value is -1.97. The Morgan fingerprint density at radius 3 is 2.80 bits per heavy atom. The number of carbonyl (C=O) groups is 1. The van der Waals surface area contributed by atoms with Crippen LogP contribution in [0.1, 0.15) is 43.6 Å². The molecule has 4 nitrogen and oxygen atoms in total. The molecule has 2 aromatic rings. The molecule has 108 valence electrons. The van der Waals surface area contributed by atoms with Crippen LogP contribution in [0.15, 0.2) is 24.3 Å². The first kappa shape index (κ1) is 14.4. The predicted molar refractivity (Wildman–Crippen MR) is 79.3 cm³/mol. The normalized spacial score (nSPS) is 10.7. The van der Waals surface area contributed by atoms with Crippen LogP contribution in [-0.4, -0.2) is 24.2 Å². The van der Waals surface area contributed by atoms with Gasteiger partial charge in [0.15, 0.2) is 0 Å². The van der Waals surface area contributed by atoms with Gasteiger partial charge in [-0.3, -0.25) is 0 Å². The summed E-state index contributed by atoms with van der Waals surface area (Å²) >= 11 is 0. The molecule has 0 saturated carbocycles. The van der Waals surface area contributed by atoms with Gasteiger partial charge < -0.3 is 14.5 Å².